The van der Waals surface area contributed by atoms with Crippen LogP contribution in [0.1, 0.15) is 46.6 Å². The Morgan fingerprint density at radius 3 is 2.37 bits per heavy atom. The molecule has 0 saturated carbocycles. The zero-order valence-electron chi connectivity index (χ0n) is 20.1. The average Bonchev–Trinajstić information content (AvgIpc) is 3.21. The van der Waals surface area contributed by atoms with Gasteiger partial charge in [-0.25, -0.2) is 4.79 Å². The molecule has 4 rings (SSSR count). The molecule has 0 aliphatic heterocycles. The number of rotatable bonds is 9. The number of benzene rings is 3. The summed E-state index contributed by atoms with van der Waals surface area (Å²) >= 11 is 0. The van der Waals surface area contributed by atoms with Crippen LogP contribution in [0.15, 0.2) is 78.9 Å². The number of aryl methyl sites for hydroxylation is 1. The molecule has 0 aliphatic carbocycles. The molecular formula is C29H28N2O4. The summed E-state index contributed by atoms with van der Waals surface area (Å²) in [5, 5.41) is 14.6. The van der Waals surface area contributed by atoms with Crippen LogP contribution in [-0.2, 0) is 16.1 Å². The molecule has 6 heteroatoms. The summed E-state index contributed by atoms with van der Waals surface area (Å²) in [5.74, 6) is -1.08. The van der Waals surface area contributed by atoms with Gasteiger partial charge in [-0.1, -0.05) is 84.4 Å². The lowest BCUT2D eigenvalue weighted by Gasteiger charge is -2.18. The Labute approximate surface area is 204 Å². The van der Waals surface area contributed by atoms with Crippen molar-refractivity contribution in [2.45, 2.75) is 32.9 Å². The third kappa shape index (κ3) is 5.55. The van der Waals surface area contributed by atoms with Crippen molar-refractivity contribution in [2.24, 2.45) is 0 Å². The molecule has 35 heavy (non-hydrogen) atoms. The van der Waals surface area contributed by atoms with E-state index < -0.39 is 11.6 Å². The molecule has 1 aromatic heterocycles. The lowest BCUT2D eigenvalue weighted by atomic mass is 10.0. The van der Waals surface area contributed by atoms with E-state index >= 15 is 0 Å². The number of para-hydroxylation sites is 1. The van der Waals surface area contributed by atoms with Crippen LogP contribution in [0.3, 0.4) is 0 Å². The monoisotopic (exact) mass is 468 g/mol. The summed E-state index contributed by atoms with van der Waals surface area (Å²) in [7, 11) is 0. The fourth-order valence-corrected chi connectivity index (χ4v) is 3.67. The Balaban J connectivity index is 1.50. The van der Waals surface area contributed by atoms with Gasteiger partial charge in [0, 0.05) is 10.9 Å². The molecular weight excluding hydrogens is 440 g/mol. The fourth-order valence-electron chi connectivity index (χ4n) is 3.67. The van der Waals surface area contributed by atoms with Crippen molar-refractivity contribution in [3.8, 4) is 0 Å². The van der Waals surface area contributed by atoms with Gasteiger partial charge in [0.05, 0.1) is 18.7 Å². The Bertz CT molecular complexity index is 1380. The second-order valence-electron chi connectivity index (χ2n) is 8.99. The molecule has 0 amide bonds. The number of fused-ring (bicyclic) bond motifs is 1. The van der Waals surface area contributed by atoms with Crippen molar-refractivity contribution in [1.82, 2.24) is 9.78 Å². The van der Waals surface area contributed by atoms with Gasteiger partial charge in [-0.3, -0.25) is 9.48 Å². The summed E-state index contributed by atoms with van der Waals surface area (Å²) in [5.41, 5.74) is 3.89. The van der Waals surface area contributed by atoms with Crippen LogP contribution in [0.2, 0.25) is 0 Å². The zero-order valence-corrected chi connectivity index (χ0v) is 20.1. The van der Waals surface area contributed by atoms with Gasteiger partial charge in [-0.2, -0.15) is 5.10 Å². The number of nitrogens with zero attached hydrogens (tertiary/aromatic N) is 2. The maximum Gasteiger partial charge on any atom is 0.335 e. The van der Waals surface area contributed by atoms with Crippen molar-refractivity contribution in [1.29, 1.82) is 0 Å². The average molecular weight is 469 g/mol. The first-order valence-electron chi connectivity index (χ1n) is 11.4. The van der Waals surface area contributed by atoms with E-state index in [0.717, 1.165) is 27.6 Å². The first-order chi connectivity index (χ1) is 16.7. The van der Waals surface area contributed by atoms with Crippen LogP contribution in [-0.4, -0.2) is 38.8 Å². The molecule has 0 fully saturated rings. The number of hydrogen-bond acceptors (Lipinski definition) is 4. The van der Waals surface area contributed by atoms with Crippen molar-refractivity contribution in [2.75, 3.05) is 6.61 Å². The molecule has 0 saturated heterocycles. The minimum absolute atomic E-state index is 0.0891. The van der Waals surface area contributed by atoms with Gasteiger partial charge < -0.3 is 9.84 Å². The number of hydrogen-bond donors (Lipinski definition) is 1. The van der Waals surface area contributed by atoms with Crippen LogP contribution in [0.4, 0.5) is 0 Å². The van der Waals surface area contributed by atoms with E-state index in [1.165, 1.54) is 13.8 Å². The van der Waals surface area contributed by atoms with Crippen molar-refractivity contribution in [3.05, 3.63) is 107 Å². The minimum Gasteiger partial charge on any atom is -0.479 e. The van der Waals surface area contributed by atoms with E-state index in [1.54, 1.807) is 6.08 Å². The number of carbonyl (C=O) groups is 2. The quantitative estimate of drug-likeness (QED) is 0.327. The summed E-state index contributed by atoms with van der Waals surface area (Å²) in [6, 6.07) is 23.3. The Morgan fingerprint density at radius 2 is 1.69 bits per heavy atom. The second kappa shape index (κ2) is 10.1. The number of carboxylic acid groups (broad SMARTS) is 1. The molecule has 1 N–H and O–H groups in total. The van der Waals surface area contributed by atoms with Crippen LogP contribution in [0, 0.1) is 6.92 Å². The van der Waals surface area contributed by atoms with Gasteiger partial charge in [-0.05, 0) is 38.0 Å². The van der Waals surface area contributed by atoms with Crippen molar-refractivity contribution < 1.29 is 19.4 Å². The minimum atomic E-state index is -1.22. The van der Waals surface area contributed by atoms with Gasteiger partial charge in [0.1, 0.15) is 5.69 Å². The fraction of sp³-hybridized carbons (Fsp3) is 0.207. The molecule has 0 aliphatic rings. The molecule has 0 radical (unpaired) electrons. The number of ether oxygens (including phenoxy) is 1. The molecule has 4 aromatic rings. The Kier molecular flexibility index (Phi) is 6.94. The third-order valence-corrected chi connectivity index (χ3v) is 5.86. The SMILES string of the molecule is Cc1ccc(C(=O)c2nn(Cc3ccc(C=CCOC(C)(C)C(=O)O)cc3)c3ccccc23)cc1. The molecule has 178 valence electrons. The first-order valence-corrected chi connectivity index (χ1v) is 11.4. The number of aromatic nitrogens is 2. The standard InChI is InChI=1S/C29H28N2O4/c1-20-10-16-23(17-11-20)27(32)26-24-8-4-5-9-25(24)31(30-26)19-22-14-12-21(13-15-22)7-6-18-35-29(2,3)28(33)34/h4-17H,18-19H2,1-3H3,(H,33,34). The number of aliphatic carboxylic acids is 1. The van der Waals surface area contributed by atoms with E-state index in [0.29, 0.717) is 17.8 Å². The molecule has 3 aromatic carbocycles. The smallest absolute Gasteiger partial charge is 0.335 e. The summed E-state index contributed by atoms with van der Waals surface area (Å²) in [4.78, 5) is 24.3. The van der Waals surface area contributed by atoms with Gasteiger partial charge in [0.25, 0.3) is 0 Å². The highest BCUT2D eigenvalue weighted by Gasteiger charge is 2.27. The van der Waals surface area contributed by atoms with Crippen molar-refractivity contribution >= 4 is 28.7 Å². The normalized spacial score (nSPS) is 11.9. The second-order valence-corrected chi connectivity index (χ2v) is 8.99. The highest BCUT2D eigenvalue weighted by molar-refractivity contribution is 6.14. The maximum atomic E-state index is 13.2. The van der Waals surface area contributed by atoms with E-state index in [4.69, 9.17) is 14.9 Å². The predicted molar refractivity (Wildman–Crippen MR) is 137 cm³/mol. The zero-order chi connectivity index (χ0) is 25.0. The van der Waals surface area contributed by atoms with Crippen LogP contribution in [0.5, 0.6) is 0 Å². The lowest BCUT2D eigenvalue weighted by Crippen LogP contribution is -2.34. The van der Waals surface area contributed by atoms with Crippen LogP contribution in [0.25, 0.3) is 17.0 Å². The molecule has 0 bridgehead atoms. The van der Waals surface area contributed by atoms with E-state index in [1.807, 2.05) is 90.5 Å². The Morgan fingerprint density at radius 1 is 1.00 bits per heavy atom. The largest absolute Gasteiger partial charge is 0.479 e. The van der Waals surface area contributed by atoms with E-state index in [-0.39, 0.29) is 12.4 Å². The van der Waals surface area contributed by atoms with Crippen LogP contribution >= 0.6 is 0 Å². The highest BCUT2D eigenvalue weighted by Crippen LogP contribution is 2.22. The van der Waals surface area contributed by atoms with E-state index in [2.05, 4.69) is 0 Å². The van der Waals surface area contributed by atoms with Gasteiger partial charge >= 0.3 is 5.97 Å². The molecule has 6 nitrogen and oxygen atoms in total. The number of carboxylic acids is 1. The number of ketones is 1. The van der Waals surface area contributed by atoms with Crippen molar-refractivity contribution in [3.63, 3.8) is 0 Å². The topological polar surface area (TPSA) is 81.4 Å². The van der Waals surface area contributed by atoms with Gasteiger partial charge in [0.2, 0.25) is 5.78 Å². The highest BCUT2D eigenvalue weighted by atomic mass is 16.5. The van der Waals surface area contributed by atoms with E-state index in [9.17, 15) is 9.59 Å². The number of carbonyl (C=O) groups excluding carboxylic acids is 1. The summed E-state index contributed by atoms with van der Waals surface area (Å²) in [6.45, 7) is 5.78. The van der Waals surface area contributed by atoms with Crippen LogP contribution < -0.4 is 0 Å². The van der Waals surface area contributed by atoms with Gasteiger partial charge in [-0.15, -0.1) is 0 Å². The predicted octanol–water partition coefficient (Wildman–Crippen LogP) is 5.52. The maximum absolute atomic E-state index is 13.2. The lowest BCUT2D eigenvalue weighted by molar-refractivity contribution is -0.159. The molecule has 1 heterocycles. The van der Waals surface area contributed by atoms with Gasteiger partial charge in [0.15, 0.2) is 5.60 Å². The summed E-state index contributed by atoms with van der Waals surface area (Å²) < 4.78 is 7.25. The molecule has 0 unspecified atom stereocenters. The first kappa shape index (κ1) is 24.1. The molecule has 0 spiro atoms. The third-order valence-electron chi connectivity index (χ3n) is 5.86. The Hall–Kier alpha value is -4.03. The molecule has 0 atom stereocenters. The summed E-state index contributed by atoms with van der Waals surface area (Å²) in [6.07, 6.45) is 3.69.